The Morgan fingerprint density at radius 1 is 1.08 bits per heavy atom. The van der Waals surface area contributed by atoms with Gasteiger partial charge in [0.1, 0.15) is 11.5 Å². The molecule has 0 aliphatic rings. The van der Waals surface area contributed by atoms with E-state index in [-0.39, 0.29) is 11.9 Å². The van der Waals surface area contributed by atoms with Crippen LogP contribution in [0, 0.1) is 0 Å². The van der Waals surface area contributed by atoms with Crippen molar-refractivity contribution in [1.29, 1.82) is 0 Å². The number of carbonyl (C=O) groups is 1. The quantitative estimate of drug-likeness (QED) is 0.650. The second-order valence-electron chi connectivity index (χ2n) is 5.57. The molecule has 0 spiro atoms. The summed E-state index contributed by atoms with van der Waals surface area (Å²) in [6.07, 6.45) is 3.33. The SMILES string of the molecule is CC(NC(=O)c1ccc(Oc2cccnc2)cc1)c1cccc(Br)c1. The minimum Gasteiger partial charge on any atom is -0.456 e. The topological polar surface area (TPSA) is 51.2 Å². The van der Waals surface area contributed by atoms with Gasteiger partial charge >= 0.3 is 0 Å². The van der Waals surface area contributed by atoms with Gasteiger partial charge in [-0.15, -0.1) is 0 Å². The molecule has 1 heterocycles. The van der Waals surface area contributed by atoms with Gasteiger partial charge in [-0.2, -0.15) is 0 Å². The van der Waals surface area contributed by atoms with Gasteiger partial charge in [0, 0.05) is 16.2 Å². The Kier molecular flexibility index (Phi) is 5.46. The number of aromatic nitrogens is 1. The highest BCUT2D eigenvalue weighted by atomic mass is 79.9. The third kappa shape index (κ3) is 4.67. The molecule has 0 bridgehead atoms. The van der Waals surface area contributed by atoms with Crippen LogP contribution in [0.3, 0.4) is 0 Å². The van der Waals surface area contributed by atoms with Gasteiger partial charge in [0.25, 0.3) is 5.91 Å². The van der Waals surface area contributed by atoms with E-state index < -0.39 is 0 Å². The molecule has 0 radical (unpaired) electrons. The van der Waals surface area contributed by atoms with Crippen molar-refractivity contribution >= 4 is 21.8 Å². The van der Waals surface area contributed by atoms with Crippen LogP contribution in [0.5, 0.6) is 11.5 Å². The summed E-state index contributed by atoms with van der Waals surface area (Å²) in [7, 11) is 0. The minimum absolute atomic E-state index is 0.0867. The molecule has 1 aromatic heterocycles. The van der Waals surface area contributed by atoms with E-state index in [9.17, 15) is 4.79 Å². The van der Waals surface area contributed by atoms with Crippen molar-refractivity contribution in [2.24, 2.45) is 0 Å². The number of carbonyl (C=O) groups excluding carboxylic acids is 1. The van der Waals surface area contributed by atoms with E-state index in [4.69, 9.17) is 4.74 Å². The van der Waals surface area contributed by atoms with Crippen LogP contribution in [0.2, 0.25) is 0 Å². The van der Waals surface area contributed by atoms with Gasteiger partial charge in [-0.3, -0.25) is 9.78 Å². The molecule has 1 N–H and O–H groups in total. The van der Waals surface area contributed by atoms with Crippen LogP contribution in [-0.4, -0.2) is 10.9 Å². The van der Waals surface area contributed by atoms with Crippen molar-refractivity contribution in [2.45, 2.75) is 13.0 Å². The number of rotatable bonds is 5. The monoisotopic (exact) mass is 396 g/mol. The normalized spacial score (nSPS) is 11.6. The molecule has 5 heteroatoms. The van der Waals surface area contributed by atoms with Crippen molar-refractivity contribution in [1.82, 2.24) is 10.3 Å². The number of hydrogen-bond acceptors (Lipinski definition) is 3. The number of nitrogens with one attached hydrogen (secondary N) is 1. The highest BCUT2D eigenvalue weighted by molar-refractivity contribution is 9.10. The molecular formula is C20H17BrN2O2. The molecule has 0 fully saturated rings. The van der Waals surface area contributed by atoms with Gasteiger partial charge < -0.3 is 10.1 Å². The number of benzene rings is 2. The van der Waals surface area contributed by atoms with Crippen molar-refractivity contribution in [2.75, 3.05) is 0 Å². The minimum atomic E-state index is -0.125. The lowest BCUT2D eigenvalue weighted by molar-refractivity contribution is 0.0940. The average molecular weight is 397 g/mol. The molecule has 3 rings (SSSR count). The molecule has 1 amide bonds. The molecule has 2 aromatic carbocycles. The lowest BCUT2D eigenvalue weighted by atomic mass is 10.1. The van der Waals surface area contributed by atoms with Crippen LogP contribution < -0.4 is 10.1 Å². The maximum atomic E-state index is 12.4. The van der Waals surface area contributed by atoms with E-state index >= 15 is 0 Å². The second-order valence-corrected chi connectivity index (χ2v) is 6.48. The summed E-state index contributed by atoms with van der Waals surface area (Å²) in [6.45, 7) is 1.96. The van der Waals surface area contributed by atoms with Crippen LogP contribution >= 0.6 is 15.9 Å². The predicted octanol–water partition coefficient (Wildman–Crippen LogP) is 5.13. The highest BCUT2D eigenvalue weighted by Crippen LogP contribution is 2.21. The zero-order valence-corrected chi connectivity index (χ0v) is 15.2. The van der Waals surface area contributed by atoms with Crippen molar-refractivity contribution < 1.29 is 9.53 Å². The smallest absolute Gasteiger partial charge is 0.251 e. The highest BCUT2D eigenvalue weighted by Gasteiger charge is 2.12. The number of pyridine rings is 1. The Bertz CT molecular complexity index is 851. The first kappa shape index (κ1) is 17.2. The van der Waals surface area contributed by atoms with E-state index in [1.54, 1.807) is 42.7 Å². The van der Waals surface area contributed by atoms with E-state index in [2.05, 4.69) is 26.2 Å². The second kappa shape index (κ2) is 7.94. The standard InChI is InChI=1S/C20H17BrN2O2/c1-14(16-4-2-5-17(21)12-16)23-20(24)15-7-9-18(10-8-15)25-19-6-3-11-22-13-19/h2-14H,1H3,(H,23,24). The van der Waals surface area contributed by atoms with Crippen molar-refractivity contribution in [3.05, 3.63) is 88.7 Å². The average Bonchev–Trinajstić information content (AvgIpc) is 2.63. The Labute approximate surface area is 155 Å². The summed E-state index contributed by atoms with van der Waals surface area (Å²) in [5.41, 5.74) is 1.62. The molecule has 3 aromatic rings. The molecule has 25 heavy (non-hydrogen) atoms. The van der Waals surface area contributed by atoms with E-state index in [1.807, 2.05) is 37.3 Å². The maximum absolute atomic E-state index is 12.4. The van der Waals surface area contributed by atoms with Crippen LogP contribution in [-0.2, 0) is 0 Å². The van der Waals surface area contributed by atoms with Crippen LogP contribution in [0.1, 0.15) is 28.9 Å². The number of hydrogen-bond donors (Lipinski definition) is 1. The van der Waals surface area contributed by atoms with Crippen LogP contribution in [0.15, 0.2) is 77.5 Å². The summed E-state index contributed by atoms with van der Waals surface area (Å²) in [6, 6.07) is 18.5. The first-order valence-electron chi connectivity index (χ1n) is 7.86. The molecule has 0 aliphatic heterocycles. The number of nitrogens with zero attached hydrogens (tertiary/aromatic N) is 1. The summed E-state index contributed by atoms with van der Waals surface area (Å²) < 4.78 is 6.67. The third-order valence-corrected chi connectivity index (χ3v) is 4.18. The summed E-state index contributed by atoms with van der Waals surface area (Å²) in [5.74, 6) is 1.19. The van der Waals surface area contributed by atoms with Gasteiger partial charge in [-0.05, 0) is 61.0 Å². The molecule has 4 nitrogen and oxygen atoms in total. The van der Waals surface area contributed by atoms with Gasteiger partial charge in [0.05, 0.1) is 12.2 Å². The summed E-state index contributed by atoms with van der Waals surface area (Å²) >= 11 is 3.45. The molecule has 0 aliphatic carbocycles. The van der Waals surface area contributed by atoms with Gasteiger partial charge in [0.15, 0.2) is 0 Å². The molecule has 126 valence electrons. The summed E-state index contributed by atoms with van der Waals surface area (Å²) in [5, 5.41) is 3.00. The Balaban J connectivity index is 1.64. The van der Waals surface area contributed by atoms with E-state index in [1.165, 1.54) is 0 Å². The third-order valence-electron chi connectivity index (χ3n) is 3.68. The number of halogens is 1. The largest absolute Gasteiger partial charge is 0.456 e. The summed E-state index contributed by atoms with van der Waals surface area (Å²) in [4.78, 5) is 16.4. The van der Waals surface area contributed by atoms with E-state index in [0.29, 0.717) is 17.1 Å². The zero-order valence-electron chi connectivity index (χ0n) is 13.6. The van der Waals surface area contributed by atoms with Crippen molar-refractivity contribution in [3.63, 3.8) is 0 Å². The maximum Gasteiger partial charge on any atom is 0.251 e. The molecular weight excluding hydrogens is 380 g/mol. The fourth-order valence-electron chi connectivity index (χ4n) is 2.36. The van der Waals surface area contributed by atoms with Gasteiger partial charge in [-0.25, -0.2) is 0 Å². The lowest BCUT2D eigenvalue weighted by Crippen LogP contribution is -2.26. The Hall–Kier alpha value is -2.66. The zero-order chi connectivity index (χ0) is 17.6. The fraction of sp³-hybridized carbons (Fsp3) is 0.100. The Morgan fingerprint density at radius 3 is 2.56 bits per heavy atom. The fourth-order valence-corrected chi connectivity index (χ4v) is 2.77. The number of ether oxygens (including phenoxy) is 1. The van der Waals surface area contributed by atoms with Crippen LogP contribution in [0.4, 0.5) is 0 Å². The molecule has 0 saturated carbocycles. The van der Waals surface area contributed by atoms with Gasteiger partial charge in [0.2, 0.25) is 0 Å². The lowest BCUT2D eigenvalue weighted by Gasteiger charge is -2.15. The first-order valence-corrected chi connectivity index (χ1v) is 8.65. The predicted molar refractivity (Wildman–Crippen MR) is 101 cm³/mol. The van der Waals surface area contributed by atoms with Crippen LogP contribution in [0.25, 0.3) is 0 Å². The van der Waals surface area contributed by atoms with E-state index in [0.717, 1.165) is 10.0 Å². The molecule has 0 saturated heterocycles. The van der Waals surface area contributed by atoms with Gasteiger partial charge in [-0.1, -0.05) is 28.1 Å². The first-order chi connectivity index (χ1) is 12.1. The Morgan fingerprint density at radius 2 is 1.88 bits per heavy atom. The van der Waals surface area contributed by atoms with Crippen molar-refractivity contribution in [3.8, 4) is 11.5 Å². The molecule has 1 atom stereocenters. The molecule has 1 unspecified atom stereocenters. The number of amides is 1.